The Morgan fingerprint density at radius 1 is 1.41 bits per heavy atom. The Morgan fingerprint density at radius 2 is 2.00 bits per heavy atom. The molecule has 2 unspecified atom stereocenters. The zero-order chi connectivity index (χ0) is 13.3. The Labute approximate surface area is 102 Å². The van der Waals surface area contributed by atoms with Crippen LogP contribution in [0.5, 0.6) is 0 Å². The van der Waals surface area contributed by atoms with Crippen molar-refractivity contribution in [1.82, 2.24) is 10.3 Å². The average Bonchev–Trinajstić information content (AvgIpc) is 2.91. The predicted octanol–water partition coefficient (Wildman–Crippen LogP) is 1.14. The first kappa shape index (κ1) is 14.2. The van der Waals surface area contributed by atoms with Crippen LogP contribution in [0, 0.1) is 5.92 Å². The molecule has 0 aromatic carbocycles. The van der Waals surface area contributed by atoms with E-state index in [9.17, 15) is 13.2 Å². The lowest BCUT2D eigenvalue weighted by atomic mass is 10.2. The number of hydrogen-bond acceptors (Lipinski definition) is 4. The molecule has 0 spiro atoms. The van der Waals surface area contributed by atoms with E-state index in [0.717, 1.165) is 6.42 Å². The van der Waals surface area contributed by atoms with Crippen LogP contribution in [-0.4, -0.2) is 25.4 Å². The number of nitrogens with one attached hydrogen (secondary N) is 2. The number of rotatable bonds is 4. The summed E-state index contributed by atoms with van der Waals surface area (Å²) < 4.78 is 28.2. The minimum Gasteiger partial charge on any atom is -0.443 e. The molecular formula is C10H20N2O4S. The fourth-order valence-corrected chi connectivity index (χ4v) is 3.10. The molecule has 100 valence electrons. The molecular weight excluding hydrogens is 244 g/mol. The third-order valence-corrected chi connectivity index (χ3v) is 4.24. The number of hydrogen-bond donors (Lipinski definition) is 2. The lowest BCUT2D eigenvalue weighted by molar-refractivity contribution is 0.0515. The van der Waals surface area contributed by atoms with Gasteiger partial charge in [0.2, 0.25) is 10.0 Å². The zero-order valence-corrected chi connectivity index (χ0v) is 11.4. The molecule has 1 amide bonds. The van der Waals surface area contributed by atoms with E-state index in [1.807, 2.05) is 12.3 Å². The molecule has 0 aliphatic heterocycles. The molecule has 0 aromatic heterocycles. The smallest absolute Gasteiger partial charge is 0.422 e. The van der Waals surface area contributed by atoms with Crippen molar-refractivity contribution in [2.75, 3.05) is 0 Å². The van der Waals surface area contributed by atoms with Crippen molar-refractivity contribution in [3.05, 3.63) is 0 Å². The summed E-state index contributed by atoms with van der Waals surface area (Å²) in [6.07, 6.45) is 0.689. The Kier molecular flexibility index (Phi) is 4.03. The largest absolute Gasteiger partial charge is 0.443 e. The van der Waals surface area contributed by atoms with Crippen LogP contribution in [0.3, 0.4) is 0 Å². The van der Waals surface area contributed by atoms with Gasteiger partial charge in [-0.3, -0.25) is 0 Å². The summed E-state index contributed by atoms with van der Waals surface area (Å²) in [7, 11) is -3.46. The van der Waals surface area contributed by atoms with Crippen LogP contribution in [0.15, 0.2) is 0 Å². The quantitative estimate of drug-likeness (QED) is 0.746. The first-order chi connectivity index (χ1) is 7.65. The van der Waals surface area contributed by atoms with Gasteiger partial charge < -0.3 is 4.74 Å². The molecule has 1 rings (SSSR count). The molecule has 0 radical (unpaired) electrons. The van der Waals surface area contributed by atoms with Crippen LogP contribution in [0.4, 0.5) is 4.79 Å². The highest BCUT2D eigenvalue weighted by atomic mass is 32.2. The van der Waals surface area contributed by atoms with Gasteiger partial charge in [0.15, 0.2) is 0 Å². The number of hydrazine groups is 1. The van der Waals surface area contributed by atoms with Gasteiger partial charge in [-0.15, -0.1) is 4.83 Å². The Bertz CT molecular complexity index is 386. The van der Waals surface area contributed by atoms with E-state index >= 15 is 0 Å². The van der Waals surface area contributed by atoms with Crippen molar-refractivity contribution >= 4 is 16.1 Å². The third-order valence-electron chi connectivity index (χ3n) is 2.47. The maximum Gasteiger partial charge on any atom is 0.422 e. The molecule has 2 N–H and O–H groups in total. The van der Waals surface area contributed by atoms with E-state index in [2.05, 4.69) is 4.83 Å². The summed E-state index contributed by atoms with van der Waals surface area (Å²) in [5.41, 5.74) is 1.39. The van der Waals surface area contributed by atoms with Gasteiger partial charge in [-0.25, -0.2) is 18.6 Å². The third kappa shape index (κ3) is 4.51. The topological polar surface area (TPSA) is 84.5 Å². The van der Waals surface area contributed by atoms with E-state index in [-0.39, 0.29) is 11.2 Å². The lowest BCUT2D eigenvalue weighted by Crippen LogP contribution is -2.45. The van der Waals surface area contributed by atoms with Crippen molar-refractivity contribution in [2.24, 2.45) is 5.92 Å². The number of carbonyl (C=O) groups excluding carboxylic acids is 1. The first-order valence-corrected chi connectivity index (χ1v) is 7.20. The van der Waals surface area contributed by atoms with Crippen LogP contribution in [0.1, 0.15) is 40.5 Å². The average molecular weight is 264 g/mol. The Balaban J connectivity index is 2.38. The molecule has 0 bridgehead atoms. The number of carbonyl (C=O) groups is 1. The second kappa shape index (κ2) is 4.81. The Morgan fingerprint density at radius 3 is 2.41 bits per heavy atom. The van der Waals surface area contributed by atoms with E-state index in [1.165, 1.54) is 0 Å². The minimum absolute atomic E-state index is 0.202. The highest BCUT2D eigenvalue weighted by Gasteiger charge is 2.46. The molecule has 1 aliphatic carbocycles. The van der Waals surface area contributed by atoms with Gasteiger partial charge >= 0.3 is 6.09 Å². The monoisotopic (exact) mass is 264 g/mol. The first-order valence-electron chi connectivity index (χ1n) is 5.65. The fraction of sp³-hybridized carbons (Fsp3) is 0.900. The molecule has 0 heterocycles. The van der Waals surface area contributed by atoms with Crippen molar-refractivity contribution < 1.29 is 17.9 Å². The lowest BCUT2D eigenvalue weighted by Gasteiger charge is -2.19. The molecule has 6 nitrogen and oxygen atoms in total. The highest BCUT2D eigenvalue weighted by molar-refractivity contribution is 7.90. The number of ether oxygens (including phenoxy) is 1. The number of sulfonamides is 1. The molecule has 1 fully saturated rings. The van der Waals surface area contributed by atoms with Gasteiger partial charge in [0.05, 0.1) is 5.25 Å². The molecule has 1 aliphatic rings. The molecule has 0 saturated heterocycles. The zero-order valence-electron chi connectivity index (χ0n) is 10.6. The van der Waals surface area contributed by atoms with Gasteiger partial charge in [0.25, 0.3) is 0 Å². The summed E-state index contributed by atoms with van der Waals surface area (Å²) in [5, 5.41) is -0.387. The van der Waals surface area contributed by atoms with Gasteiger partial charge in [-0.05, 0) is 33.1 Å². The summed E-state index contributed by atoms with van der Waals surface area (Å²) in [5.74, 6) is 0.202. The van der Waals surface area contributed by atoms with Crippen LogP contribution < -0.4 is 10.3 Å². The summed E-state index contributed by atoms with van der Waals surface area (Å²) >= 11 is 0. The van der Waals surface area contributed by atoms with E-state index in [4.69, 9.17) is 4.74 Å². The second-order valence-electron chi connectivity index (χ2n) is 5.22. The SMILES string of the molecule is CCC1CC1S(=O)(=O)NNC(=O)OC(C)(C)C. The van der Waals surface area contributed by atoms with Crippen LogP contribution in [-0.2, 0) is 14.8 Å². The molecule has 1 saturated carbocycles. The minimum atomic E-state index is -3.46. The van der Waals surface area contributed by atoms with E-state index < -0.39 is 21.7 Å². The standard InChI is InChI=1S/C10H20N2O4S/c1-5-7-6-8(7)17(14,15)12-11-9(13)16-10(2,3)4/h7-8,12H,5-6H2,1-4H3,(H,11,13). The Hall–Kier alpha value is -0.820. The van der Waals surface area contributed by atoms with E-state index in [0.29, 0.717) is 6.42 Å². The van der Waals surface area contributed by atoms with Crippen molar-refractivity contribution in [2.45, 2.75) is 51.4 Å². The molecule has 7 heteroatoms. The maximum atomic E-state index is 11.7. The normalized spacial score (nSPS) is 24.2. The van der Waals surface area contributed by atoms with E-state index in [1.54, 1.807) is 20.8 Å². The van der Waals surface area contributed by atoms with Crippen molar-refractivity contribution in [3.63, 3.8) is 0 Å². The van der Waals surface area contributed by atoms with Crippen LogP contribution in [0.25, 0.3) is 0 Å². The second-order valence-corrected chi connectivity index (χ2v) is 7.12. The van der Waals surface area contributed by atoms with Gasteiger partial charge in [-0.1, -0.05) is 13.3 Å². The van der Waals surface area contributed by atoms with Crippen LogP contribution in [0.2, 0.25) is 0 Å². The van der Waals surface area contributed by atoms with Crippen molar-refractivity contribution in [3.8, 4) is 0 Å². The summed E-state index contributed by atoms with van der Waals surface area (Å²) in [4.78, 5) is 13.3. The molecule has 0 aromatic rings. The van der Waals surface area contributed by atoms with Gasteiger partial charge in [0.1, 0.15) is 5.60 Å². The van der Waals surface area contributed by atoms with Gasteiger partial charge in [-0.2, -0.15) is 0 Å². The number of amides is 1. The van der Waals surface area contributed by atoms with Gasteiger partial charge in [0, 0.05) is 0 Å². The molecule has 2 atom stereocenters. The van der Waals surface area contributed by atoms with Crippen LogP contribution >= 0.6 is 0 Å². The predicted molar refractivity (Wildman–Crippen MR) is 63.6 cm³/mol. The fourth-order valence-electron chi connectivity index (χ4n) is 1.52. The molecule has 17 heavy (non-hydrogen) atoms. The maximum absolute atomic E-state index is 11.7. The highest BCUT2D eigenvalue weighted by Crippen LogP contribution is 2.38. The summed E-state index contributed by atoms with van der Waals surface area (Å²) in [6.45, 7) is 7.06. The summed E-state index contributed by atoms with van der Waals surface area (Å²) in [6, 6.07) is 0. The van der Waals surface area contributed by atoms with Crippen molar-refractivity contribution in [1.29, 1.82) is 0 Å².